The molecule has 0 saturated heterocycles. The molecule has 0 atom stereocenters. The Bertz CT molecular complexity index is 512. The number of sulfonamides is 1. The summed E-state index contributed by atoms with van der Waals surface area (Å²) in [5.41, 5.74) is 6.51. The predicted octanol–water partition coefficient (Wildman–Crippen LogP) is 0.747. The lowest BCUT2D eigenvalue weighted by Crippen LogP contribution is -2.33. The molecule has 5 nitrogen and oxygen atoms in total. The third-order valence-corrected chi connectivity index (χ3v) is 4.79. The molecule has 0 amide bonds. The lowest BCUT2D eigenvalue weighted by Gasteiger charge is -2.19. The van der Waals surface area contributed by atoms with Crippen molar-refractivity contribution in [2.45, 2.75) is 17.7 Å². The molecule has 1 aromatic rings. The Labute approximate surface area is 120 Å². The van der Waals surface area contributed by atoms with Crippen LogP contribution in [0.5, 0.6) is 0 Å². The van der Waals surface area contributed by atoms with Crippen molar-refractivity contribution >= 4 is 10.0 Å². The third kappa shape index (κ3) is 4.42. The van der Waals surface area contributed by atoms with Crippen LogP contribution in [0.2, 0.25) is 0 Å². The van der Waals surface area contributed by atoms with Gasteiger partial charge in [-0.05, 0) is 37.1 Å². The monoisotopic (exact) mass is 298 g/mol. The van der Waals surface area contributed by atoms with Gasteiger partial charge >= 0.3 is 0 Å². The number of aliphatic hydroxyl groups excluding tert-OH is 1. The van der Waals surface area contributed by atoms with E-state index in [0.29, 0.717) is 6.54 Å². The van der Waals surface area contributed by atoms with Gasteiger partial charge in [0, 0.05) is 13.1 Å². The average Bonchev–Trinajstić information content (AvgIpc) is 2.45. The largest absolute Gasteiger partial charge is 0.395 e. The van der Waals surface area contributed by atoms with Crippen LogP contribution < -0.4 is 5.73 Å². The summed E-state index contributed by atoms with van der Waals surface area (Å²) in [5, 5.41) is 8.96. The SMILES string of the molecule is C=CCN(CCO)S(=O)(=O)c1ccc(CCCN)cc1. The molecular weight excluding hydrogens is 276 g/mol. The summed E-state index contributed by atoms with van der Waals surface area (Å²) in [5.74, 6) is 0. The van der Waals surface area contributed by atoms with Crippen molar-refractivity contribution in [1.82, 2.24) is 4.31 Å². The van der Waals surface area contributed by atoms with Crippen LogP contribution in [0.1, 0.15) is 12.0 Å². The van der Waals surface area contributed by atoms with Gasteiger partial charge in [0.1, 0.15) is 0 Å². The maximum Gasteiger partial charge on any atom is 0.243 e. The highest BCUT2D eigenvalue weighted by Crippen LogP contribution is 2.17. The Morgan fingerprint density at radius 3 is 2.45 bits per heavy atom. The fourth-order valence-electron chi connectivity index (χ4n) is 1.85. The lowest BCUT2D eigenvalue weighted by molar-refractivity contribution is 0.260. The molecule has 0 aromatic heterocycles. The van der Waals surface area contributed by atoms with E-state index in [0.717, 1.165) is 18.4 Å². The average molecular weight is 298 g/mol. The van der Waals surface area contributed by atoms with Gasteiger partial charge < -0.3 is 10.8 Å². The molecule has 0 aliphatic heterocycles. The first-order valence-corrected chi connectivity index (χ1v) is 8.01. The summed E-state index contributed by atoms with van der Waals surface area (Å²) in [6, 6.07) is 6.78. The minimum atomic E-state index is -3.59. The molecule has 0 radical (unpaired) electrons. The molecule has 0 fully saturated rings. The quantitative estimate of drug-likeness (QED) is 0.659. The Morgan fingerprint density at radius 1 is 1.30 bits per heavy atom. The topological polar surface area (TPSA) is 83.6 Å². The second kappa shape index (κ2) is 8.16. The molecular formula is C14H22N2O3S. The van der Waals surface area contributed by atoms with Gasteiger partial charge in [0.15, 0.2) is 0 Å². The van der Waals surface area contributed by atoms with Crippen LogP contribution in [0.4, 0.5) is 0 Å². The Morgan fingerprint density at radius 2 is 1.95 bits per heavy atom. The van der Waals surface area contributed by atoms with Crippen molar-refractivity contribution in [3.05, 3.63) is 42.5 Å². The molecule has 112 valence electrons. The van der Waals surface area contributed by atoms with Crippen molar-refractivity contribution < 1.29 is 13.5 Å². The van der Waals surface area contributed by atoms with Crippen molar-refractivity contribution in [2.24, 2.45) is 5.73 Å². The summed E-state index contributed by atoms with van der Waals surface area (Å²) in [6.07, 6.45) is 3.21. The zero-order chi connectivity index (χ0) is 15.0. The number of aryl methyl sites for hydroxylation is 1. The van der Waals surface area contributed by atoms with E-state index in [2.05, 4.69) is 6.58 Å². The molecule has 0 bridgehead atoms. The number of aliphatic hydroxyl groups is 1. The van der Waals surface area contributed by atoms with Crippen LogP contribution in [0, 0.1) is 0 Å². The lowest BCUT2D eigenvalue weighted by atomic mass is 10.1. The van der Waals surface area contributed by atoms with Gasteiger partial charge in [0.2, 0.25) is 10.0 Å². The van der Waals surface area contributed by atoms with E-state index >= 15 is 0 Å². The summed E-state index contributed by atoms with van der Waals surface area (Å²) in [6.45, 7) is 4.17. The smallest absolute Gasteiger partial charge is 0.243 e. The molecule has 6 heteroatoms. The molecule has 0 spiro atoms. The first-order chi connectivity index (χ1) is 9.56. The molecule has 0 unspecified atom stereocenters. The Hall–Kier alpha value is -1.21. The van der Waals surface area contributed by atoms with E-state index < -0.39 is 10.0 Å². The summed E-state index contributed by atoms with van der Waals surface area (Å²) in [4.78, 5) is 0.226. The van der Waals surface area contributed by atoms with Crippen molar-refractivity contribution in [1.29, 1.82) is 0 Å². The highest BCUT2D eigenvalue weighted by molar-refractivity contribution is 7.89. The van der Waals surface area contributed by atoms with Crippen molar-refractivity contribution in [2.75, 3.05) is 26.2 Å². The highest BCUT2D eigenvalue weighted by atomic mass is 32.2. The van der Waals surface area contributed by atoms with E-state index in [4.69, 9.17) is 10.8 Å². The number of hydrogen-bond donors (Lipinski definition) is 2. The summed E-state index contributed by atoms with van der Waals surface area (Å²) in [7, 11) is -3.59. The van der Waals surface area contributed by atoms with Gasteiger partial charge in [-0.1, -0.05) is 18.2 Å². The second-order valence-corrected chi connectivity index (χ2v) is 6.35. The maximum absolute atomic E-state index is 12.4. The van der Waals surface area contributed by atoms with Crippen LogP contribution in [0.25, 0.3) is 0 Å². The zero-order valence-corrected chi connectivity index (χ0v) is 12.3. The first kappa shape index (κ1) is 16.8. The number of hydrogen-bond acceptors (Lipinski definition) is 4. The Balaban J connectivity index is 2.93. The van der Waals surface area contributed by atoms with Gasteiger partial charge in [-0.15, -0.1) is 6.58 Å². The van der Waals surface area contributed by atoms with Crippen molar-refractivity contribution in [3.63, 3.8) is 0 Å². The maximum atomic E-state index is 12.4. The van der Waals surface area contributed by atoms with E-state index in [1.165, 1.54) is 10.4 Å². The van der Waals surface area contributed by atoms with E-state index in [9.17, 15) is 8.42 Å². The summed E-state index contributed by atoms with van der Waals surface area (Å²) < 4.78 is 26.0. The van der Waals surface area contributed by atoms with Gasteiger partial charge in [-0.3, -0.25) is 0 Å². The van der Waals surface area contributed by atoms with E-state index in [1.54, 1.807) is 24.3 Å². The number of nitrogens with zero attached hydrogens (tertiary/aromatic N) is 1. The second-order valence-electron chi connectivity index (χ2n) is 4.41. The van der Waals surface area contributed by atoms with Crippen LogP contribution >= 0.6 is 0 Å². The fourth-order valence-corrected chi connectivity index (χ4v) is 3.25. The number of benzene rings is 1. The van der Waals surface area contributed by atoms with Crippen LogP contribution in [0.15, 0.2) is 41.8 Å². The minimum absolute atomic E-state index is 0.0588. The van der Waals surface area contributed by atoms with Crippen LogP contribution in [0.3, 0.4) is 0 Å². The van der Waals surface area contributed by atoms with Gasteiger partial charge in [-0.2, -0.15) is 4.31 Å². The highest BCUT2D eigenvalue weighted by Gasteiger charge is 2.22. The normalized spacial score (nSPS) is 11.8. The van der Waals surface area contributed by atoms with Gasteiger partial charge in [0.25, 0.3) is 0 Å². The van der Waals surface area contributed by atoms with Gasteiger partial charge in [-0.25, -0.2) is 8.42 Å². The standard InChI is InChI=1S/C14H22N2O3S/c1-2-10-16(11-12-17)20(18,19)14-7-5-13(6-8-14)4-3-9-15/h2,5-8,17H,1,3-4,9-12,15H2. The number of nitrogens with two attached hydrogens (primary N) is 1. The molecule has 0 aliphatic carbocycles. The molecule has 0 saturated carbocycles. The number of rotatable bonds is 9. The van der Waals surface area contributed by atoms with E-state index in [-0.39, 0.29) is 24.6 Å². The van der Waals surface area contributed by atoms with Crippen LogP contribution in [-0.4, -0.2) is 44.1 Å². The molecule has 3 N–H and O–H groups in total. The molecule has 1 aromatic carbocycles. The fraction of sp³-hybridized carbons (Fsp3) is 0.429. The molecule has 0 aliphatic rings. The van der Waals surface area contributed by atoms with Crippen LogP contribution in [-0.2, 0) is 16.4 Å². The molecule has 0 heterocycles. The molecule has 1 rings (SSSR count). The van der Waals surface area contributed by atoms with Gasteiger partial charge in [0.05, 0.1) is 11.5 Å². The van der Waals surface area contributed by atoms with E-state index in [1.807, 2.05) is 0 Å². The Kier molecular flexibility index (Phi) is 6.87. The van der Waals surface area contributed by atoms with Crippen molar-refractivity contribution in [3.8, 4) is 0 Å². The third-order valence-electron chi connectivity index (χ3n) is 2.91. The summed E-state index contributed by atoms with van der Waals surface area (Å²) >= 11 is 0. The first-order valence-electron chi connectivity index (χ1n) is 6.57. The minimum Gasteiger partial charge on any atom is -0.395 e. The predicted molar refractivity (Wildman–Crippen MR) is 79.9 cm³/mol. The zero-order valence-electron chi connectivity index (χ0n) is 11.5. The molecule has 20 heavy (non-hydrogen) atoms.